The van der Waals surface area contributed by atoms with Crippen molar-refractivity contribution in [3.63, 3.8) is 0 Å². The van der Waals surface area contributed by atoms with Gasteiger partial charge in [0.1, 0.15) is 5.82 Å². The van der Waals surface area contributed by atoms with Crippen LogP contribution >= 0.6 is 11.8 Å². The number of carbonyl (C=O) groups is 1. The molecule has 1 aromatic heterocycles. The number of nitrogens with zero attached hydrogens (tertiary/aromatic N) is 4. The van der Waals surface area contributed by atoms with Crippen molar-refractivity contribution in [1.29, 1.82) is 0 Å². The normalized spacial score (nSPS) is 15.6. The van der Waals surface area contributed by atoms with Crippen LogP contribution in [0.4, 0.5) is 0 Å². The lowest BCUT2D eigenvalue weighted by atomic mass is 10.2. The number of benzene rings is 1. The first-order valence-corrected chi connectivity index (χ1v) is 10.7. The number of hydrogen-bond acceptors (Lipinski definition) is 6. The fourth-order valence-electron chi connectivity index (χ4n) is 3.35. The van der Waals surface area contributed by atoms with Crippen LogP contribution in [-0.2, 0) is 22.6 Å². The molecule has 152 valence electrons. The third kappa shape index (κ3) is 6.05. The Hall–Kier alpha value is -1.90. The minimum atomic E-state index is -0.0232. The Morgan fingerprint density at radius 1 is 1.21 bits per heavy atom. The smallest absolute Gasteiger partial charge is 0.230 e. The van der Waals surface area contributed by atoms with Gasteiger partial charge in [-0.2, -0.15) is 0 Å². The zero-order valence-electron chi connectivity index (χ0n) is 16.6. The first kappa shape index (κ1) is 20.8. The number of ether oxygens (including phenoxy) is 1. The van der Waals surface area contributed by atoms with E-state index in [0.717, 1.165) is 30.6 Å². The lowest BCUT2D eigenvalue weighted by Gasteiger charge is -2.16. The molecule has 1 aromatic carbocycles. The molecule has 0 bridgehead atoms. The number of amides is 1. The van der Waals surface area contributed by atoms with Gasteiger partial charge in [0.25, 0.3) is 0 Å². The van der Waals surface area contributed by atoms with Gasteiger partial charge in [-0.3, -0.25) is 9.69 Å². The predicted molar refractivity (Wildman–Crippen MR) is 110 cm³/mol. The van der Waals surface area contributed by atoms with Gasteiger partial charge in [-0.1, -0.05) is 42.1 Å². The highest BCUT2D eigenvalue weighted by atomic mass is 32.2. The molecule has 3 rings (SSSR count). The van der Waals surface area contributed by atoms with E-state index in [-0.39, 0.29) is 11.9 Å². The maximum Gasteiger partial charge on any atom is 0.230 e. The molecule has 1 aliphatic heterocycles. The first-order valence-electron chi connectivity index (χ1n) is 9.75. The minimum Gasteiger partial charge on any atom is -0.383 e. The number of aromatic nitrogens is 3. The van der Waals surface area contributed by atoms with Gasteiger partial charge in [-0.05, 0) is 38.4 Å². The fourth-order valence-corrected chi connectivity index (χ4v) is 4.11. The van der Waals surface area contributed by atoms with E-state index in [4.69, 9.17) is 4.74 Å². The van der Waals surface area contributed by atoms with Crippen molar-refractivity contribution >= 4 is 17.7 Å². The summed E-state index contributed by atoms with van der Waals surface area (Å²) in [6, 6.07) is 10.3. The maximum atomic E-state index is 12.2. The Morgan fingerprint density at radius 2 is 1.96 bits per heavy atom. The SMILES string of the molecule is COCC(C)NC(=O)CSc1nnc(CN2CCCC2)n1Cc1ccccc1. The van der Waals surface area contributed by atoms with Gasteiger partial charge in [-0.25, -0.2) is 0 Å². The van der Waals surface area contributed by atoms with Crippen molar-refractivity contribution in [3.05, 3.63) is 41.7 Å². The first-order chi connectivity index (χ1) is 13.7. The van der Waals surface area contributed by atoms with E-state index in [0.29, 0.717) is 18.9 Å². The summed E-state index contributed by atoms with van der Waals surface area (Å²) in [5.74, 6) is 1.25. The van der Waals surface area contributed by atoms with Crippen LogP contribution in [0, 0.1) is 0 Å². The molecule has 1 atom stereocenters. The number of rotatable bonds is 10. The molecule has 1 fully saturated rings. The molecule has 2 heterocycles. The van der Waals surface area contributed by atoms with E-state index in [1.165, 1.54) is 30.2 Å². The fraction of sp³-hybridized carbons (Fsp3) is 0.550. The second-order valence-electron chi connectivity index (χ2n) is 7.17. The van der Waals surface area contributed by atoms with Gasteiger partial charge >= 0.3 is 0 Å². The molecule has 1 aliphatic rings. The lowest BCUT2D eigenvalue weighted by Crippen LogP contribution is -2.36. The van der Waals surface area contributed by atoms with Crippen LogP contribution in [0.3, 0.4) is 0 Å². The molecule has 1 unspecified atom stereocenters. The van der Waals surface area contributed by atoms with Gasteiger partial charge in [0.05, 0.1) is 25.4 Å². The van der Waals surface area contributed by atoms with E-state index in [1.54, 1.807) is 7.11 Å². The molecule has 2 aromatic rings. The average Bonchev–Trinajstić information content (AvgIpc) is 3.32. The summed E-state index contributed by atoms with van der Waals surface area (Å²) < 4.78 is 7.21. The van der Waals surface area contributed by atoms with Crippen molar-refractivity contribution < 1.29 is 9.53 Å². The summed E-state index contributed by atoms with van der Waals surface area (Å²) in [4.78, 5) is 14.6. The van der Waals surface area contributed by atoms with Gasteiger partial charge < -0.3 is 14.6 Å². The molecule has 0 radical (unpaired) electrons. The Bertz CT molecular complexity index is 746. The number of hydrogen-bond donors (Lipinski definition) is 1. The van der Waals surface area contributed by atoms with Gasteiger partial charge in [0, 0.05) is 13.2 Å². The molecular weight excluding hydrogens is 374 g/mol. The zero-order chi connectivity index (χ0) is 19.8. The predicted octanol–water partition coefficient (Wildman–Crippen LogP) is 2.17. The summed E-state index contributed by atoms with van der Waals surface area (Å²) >= 11 is 1.43. The molecular formula is C20H29N5O2S. The van der Waals surface area contributed by atoms with Crippen LogP contribution in [0.5, 0.6) is 0 Å². The summed E-state index contributed by atoms with van der Waals surface area (Å²) in [6.45, 7) is 6.16. The molecule has 7 nitrogen and oxygen atoms in total. The summed E-state index contributed by atoms with van der Waals surface area (Å²) in [6.07, 6.45) is 2.49. The Morgan fingerprint density at radius 3 is 2.68 bits per heavy atom. The number of carbonyl (C=O) groups excluding carboxylic acids is 1. The lowest BCUT2D eigenvalue weighted by molar-refractivity contribution is -0.119. The van der Waals surface area contributed by atoms with Crippen molar-refractivity contribution in [3.8, 4) is 0 Å². The van der Waals surface area contributed by atoms with Gasteiger partial charge in [-0.15, -0.1) is 10.2 Å². The number of methoxy groups -OCH3 is 1. The second kappa shape index (κ2) is 10.6. The van der Waals surface area contributed by atoms with E-state index < -0.39 is 0 Å². The van der Waals surface area contributed by atoms with Crippen LogP contribution < -0.4 is 5.32 Å². The molecule has 28 heavy (non-hydrogen) atoms. The van der Waals surface area contributed by atoms with Crippen molar-refractivity contribution in [2.45, 2.75) is 44.1 Å². The van der Waals surface area contributed by atoms with Crippen LogP contribution in [-0.4, -0.2) is 64.2 Å². The largest absolute Gasteiger partial charge is 0.383 e. The molecule has 1 amide bonds. The zero-order valence-corrected chi connectivity index (χ0v) is 17.5. The summed E-state index contributed by atoms with van der Waals surface area (Å²) in [7, 11) is 1.63. The highest BCUT2D eigenvalue weighted by Gasteiger charge is 2.19. The molecule has 8 heteroatoms. The summed E-state index contributed by atoms with van der Waals surface area (Å²) in [5.41, 5.74) is 1.20. The van der Waals surface area contributed by atoms with Crippen LogP contribution in [0.25, 0.3) is 0 Å². The van der Waals surface area contributed by atoms with Gasteiger partial charge in [0.2, 0.25) is 5.91 Å². The number of thioether (sulfide) groups is 1. The standard InChI is InChI=1S/C20H29N5O2S/c1-16(14-27-2)21-19(26)15-28-20-23-22-18(13-24-10-6-7-11-24)25(20)12-17-8-4-3-5-9-17/h3-5,8-9,16H,6-7,10-15H2,1-2H3,(H,21,26). The third-order valence-electron chi connectivity index (χ3n) is 4.70. The van der Waals surface area contributed by atoms with E-state index >= 15 is 0 Å². The minimum absolute atomic E-state index is 0.00832. The molecule has 0 aliphatic carbocycles. The topological polar surface area (TPSA) is 72.3 Å². The van der Waals surface area contributed by atoms with Crippen LogP contribution in [0.1, 0.15) is 31.2 Å². The Kier molecular flexibility index (Phi) is 7.88. The Balaban J connectivity index is 1.68. The highest BCUT2D eigenvalue weighted by Crippen LogP contribution is 2.21. The second-order valence-corrected chi connectivity index (χ2v) is 8.11. The van der Waals surface area contributed by atoms with Crippen molar-refractivity contribution in [2.24, 2.45) is 0 Å². The summed E-state index contributed by atoms with van der Waals surface area (Å²) in [5, 5.41) is 12.5. The van der Waals surface area contributed by atoms with Crippen LogP contribution in [0.2, 0.25) is 0 Å². The Labute approximate surface area is 170 Å². The highest BCUT2D eigenvalue weighted by molar-refractivity contribution is 7.99. The van der Waals surface area contributed by atoms with E-state index in [1.807, 2.05) is 25.1 Å². The quantitative estimate of drug-likeness (QED) is 0.613. The maximum absolute atomic E-state index is 12.2. The third-order valence-corrected chi connectivity index (χ3v) is 5.66. The molecule has 0 spiro atoms. The number of nitrogens with one attached hydrogen (secondary N) is 1. The molecule has 0 saturated carbocycles. The molecule has 1 saturated heterocycles. The van der Waals surface area contributed by atoms with Crippen molar-refractivity contribution in [1.82, 2.24) is 25.0 Å². The van der Waals surface area contributed by atoms with Crippen LogP contribution in [0.15, 0.2) is 35.5 Å². The van der Waals surface area contributed by atoms with E-state index in [9.17, 15) is 4.79 Å². The van der Waals surface area contributed by atoms with Crippen molar-refractivity contribution in [2.75, 3.05) is 32.6 Å². The van der Waals surface area contributed by atoms with Gasteiger partial charge in [0.15, 0.2) is 5.16 Å². The monoisotopic (exact) mass is 403 g/mol. The average molecular weight is 404 g/mol. The molecule has 1 N–H and O–H groups in total. The number of likely N-dealkylation sites (tertiary alicyclic amines) is 1. The van der Waals surface area contributed by atoms with E-state index in [2.05, 4.69) is 37.1 Å².